The van der Waals surface area contributed by atoms with E-state index < -0.39 is 16.7 Å². The van der Waals surface area contributed by atoms with Gasteiger partial charge in [-0.25, -0.2) is 4.79 Å². The van der Waals surface area contributed by atoms with Crippen LogP contribution in [0.2, 0.25) is 0 Å². The molecule has 0 aromatic heterocycles. The minimum atomic E-state index is -0.772. The molecule has 1 saturated heterocycles. The van der Waals surface area contributed by atoms with Gasteiger partial charge >= 0.3 is 6.09 Å². The van der Waals surface area contributed by atoms with Crippen molar-refractivity contribution in [3.8, 4) is 0 Å². The summed E-state index contributed by atoms with van der Waals surface area (Å²) >= 11 is 6.81. The van der Waals surface area contributed by atoms with Gasteiger partial charge in [-0.1, -0.05) is 56.1 Å². The fraction of sp³-hybridized carbons (Fsp3) is 0.469. The Bertz CT molecular complexity index is 1440. The van der Waals surface area contributed by atoms with Crippen LogP contribution in [0.25, 0.3) is 0 Å². The first kappa shape index (κ1) is 32.9. The van der Waals surface area contributed by atoms with Gasteiger partial charge in [-0.05, 0) is 85.1 Å². The average Bonchev–Trinajstić information content (AvgIpc) is 3.55. The Labute approximate surface area is 270 Å². The highest BCUT2D eigenvalue weighted by Crippen LogP contribution is 2.29. The van der Waals surface area contributed by atoms with E-state index in [1.165, 1.54) is 0 Å². The molecule has 2 aromatic carbocycles. The lowest BCUT2D eigenvalue weighted by atomic mass is 10.0. The smallest absolute Gasteiger partial charge is 0.410 e. The summed E-state index contributed by atoms with van der Waals surface area (Å²) in [6, 6.07) is 15.5. The Hall–Kier alpha value is -3.05. The van der Waals surface area contributed by atoms with Gasteiger partial charge in [-0.15, -0.1) is 0 Å². The number of carbonyl (C=O) groups excluding carboxylic acids is 3. The predicted molar refractivity (Wildman–Crippen MR) is 175 cm³/mol. The molecule has 43 heavy (non-hydrogen) atoms. The van der Waals surface area contributed by atoms with Gasteiger partial charge in [-0.3, -0.25) is 24.5 Å². The number of ether oxygens (including phenoxy) is 1. The maximum absolute atomic E-state index is 13.0. The van der Waals surface area contributed by atoms with Crippen molar-refractivity contribution in [1.29, 1.82) is 0 Å². The molecule has 3 aliphatic rings. The fourth-order valence-electron chi connectivity index (χ4n) is 4.88. The van der Waals surface area contributed by atoms with Gasteiger partial charge in [0.2, 0.25) is 0 Å². The van der Waals surface area contributed by atoms with Crippen molar-refractivity contribution in [2.45, 2.75) is 71.6 Å². The third kappa shape index (κ3) is 8.12. The second kappa shape index (κ2) is 12.5. The van der Waals surface area contributed by atoms with Crippen molar-refractivity contribution in [3.63, 3.8) is 0 Å². The molecule has 0 saturated carbocycles. The van der Waals surface area contributed by atoms with E-state index in [9.17, 15) is 14.4 Å². The number of benzene rings is 2. The quantitative estimate of drug-likeness (QED) is 0.409. The second-order valence-electron chi connectivity index (χ2n) is 13.0. The molecule has 0 radical (unpaired) electrons. The van der Waals surface area contributed by atoms with Crippen LogP contribution in [-0.2, 0) is 14.3 Å². The summed E-state index contributed by atoms with van der Waals surface area (Å²) in [5.41, 5.74) is -0.0824. The van der Waals surface area contributed by atoms with Crippen LogP contribution < -0.4 is 5.32 Å². The Balaban J connectivity index is 0.000000237. The molecule has 1 N–H and O–H groups in total. The van der Waals surface area contributed by atoms with Gasteiger partial charge in [0.25, 0.3) is 11.8 Å². The number of carbonyl (C=O) groups is 3. The largest absolute Gasteiger partial charge is 0.444 e. The Kier molecular flexibility index (Phi) is 9.56. The van der Waals surface area contributed by atoms with Gasteiger partial charge in [0, 0.05) is 39.7 Å². The normalized spacial score (nSPS) is 20.7. The summed E-state index contributed by atoms with van der Waals surface area (Å²) in [5.74, 6) is 1.50. The molecule has 3 aliphatic heterocycles. The van der Waals surface area contributed by atoms with Crippen LogP contribution in [0.1, 0.15) is 66.0 Å². The van der Waals surface area contributed by atoms with Crippen LogP contribution in [-0.4, -0.2) is 75.7 Å². The molecule has 1 atom stereocenters. The number of hydrogen-bond acceptors (Lipinski definition) is 6. The van der Waals surface area contributed by atoms with Gasteiger partial charge < -0.3 is 15.0 Å². The molecule has 5 rings (SSSR count). The van der Waals surface area contributed by atoms with Crippen LogP contribution in [0.4, 0.5) is 4.79 Å². The van der Waals surface area contributed by atoms with Crippen molar-refractivity contribution in [2.24, 2.45) is 15.9 Å². The van der Waals surface area contributed by atoms with E-state index in [1.807, 2.05) is 83.1 Å². The number of nitrogens with one attached hydrogen (secondary N) is 1. The Morgan fingerprint density at radius 2 is 1.49 bits per heavy atom. The van der Waals surface area contributed by atoms with Crippen molar-refractivity contribution in [1.82, 2.24) is 15.1 Å². The molecular weight excluding hydrogens is 678 g/mol. The van der Waals surface area contributed by atoms with Crippen LogP contribution in [0.5, 0.6) is 0 Å². The van der Waals surface area contributed by atoms with Gasteiger partial charge in [0.05, 0.1) is 0 Å². The van der Waals surface area contributed by atoms with E-state index >= 15 is 0 Å². The van der Waals surface area contributed by atoms with Gasteiger partial charge in [0.1, 0.15) is 28.4 Å². The number of likely N-dealkylation sites (tertiary alicyclic amines) is 1. The molecule has 9 nitrogen and oxygen atoms in total. The lowest BCUT2D eigenvalue weighted by molar-refractivity contribution is -0.130. The molecule has 3 amide bonds. The first-order chi connectivity index (χ1) is 19.9. The summed E-state index contributed by atoms with van der Waals surface area (Å²) in [6.07, 6.45) is 0.557. The molecule has 2 aromatic rings. The van der Waals surface area contributed by atoms with Gasteiger partial charge in [0.15, 0.2) is 0 Å². The third-order valence-electron chi connectivity index (χ3n) is 7.19. The summed E-state index contributed by atoms with van der Waals surface area (Å²) in [6.45, 7) is 14.7. The highest BCUT2D eigenvalue weighted by atomic mass is 79.9. The van der Waals surface area contributed by atoms with E-state index in [0.29, 0.717) is 31.3 Å². The Morgan fingerprint density at radius 3 is 2.00 bits per heavy atom. The van der Waals surface area contributed by atoms with E-state index in [0.717, 1.165) is 26.5 Å². The summed E-state index contributed by atoms with van der Waals surface area (Å²) in [4.78, 5) is 49.4. The number of rotatable bonds is 4. The number of amidine groups is 2. The molecule has 230 valence electrons. The SMILES string of the molecule is CC(C)(C)OC(=O)N1CC[C@@H](CN2C(=O)C(C)(C)N=C2c2ccc(Br)cc2)C1.CC1(C)N=C(c2ccc(Br)cc2)NC1=O. The monoisotopic (exact) mass is 715 g/mol. The summed E-state index contributed by atoms with van der Waals surface area (Å²) in [7, 11) is 0. The van der Waals surface area contributed by atoms with E-state index in [-0.39, 0.29) is 23.8 Å². The maximum atomic E-state index is 13.0. The number of halogens is 2. The minimum Gasteiger partial charge on any atom is -0.444 e. The van der Waals surface area contributed by atoms with Gasteiger partial charge in [-0.2, -0.15) is 0 Å². The summed E-state index contributed by atoms with van der Waals surface area (Å²) in [5, 5.41) is 2.78. The fourth-order valence-corrected chi connectivity index (χ4v) is 5.41. The highest BCUT2D eigenvalue weighted by molar-refractivity contribution is 9.10. The zero-order valence-electron chi connectivity index (χ0n) is 25.7. The third-order valence-corrected chi connectivity index (χ3v) is 8.24. The van der Waals surface area contributed by atoms with Crippen molar-refractivity contribution in [2.75, 3.05) is 19.6 Å². The lowest BCUT2D eigenvalue weighted by Gasteiger charge is -2.26. The lowest BCUT2D eigenvalue weighted by Crippen LogP contribution is -2.43. The van der Waals surface area contributed by atoms with Crippen molar-refractivity contribution >= 4 is 61.4 Å². The second-order valence-corrected chi connectivity index (χ2v) is 14.8. The average molecular weight is 718 g/mol. The van der Waals surface area contributed by atoms with E-state index in [4.69, 9.17) is 9.73 Å². The zero-order valence-corrected chi connectivity index (χ0v) is 28.9. The van der Waals surface area contributed by atoms with E-state index in [1.54, 1.807) is 23.6 Å². The Morgan fingerprint density at radius 1 is 0.930 bits per heavy atom. The minimum absolute atomic E-state index is 0.00105. The maximum Gasteiger partial charge on any atom is 0.410 e. The van der Waals surface area contributed by atoms with Crippen LogP contribution >= 0.6 is 31.9 Å². The van der Waals surface area contributed by atoms with Crippen LogP contribution in [0.15, 0.2) is 67.5 Å². The number of hydrogen-bond donors (Lipinski definition) is 1. The highest BCUT2D eigenvalue weighted by Gasteiger charge is 2.43. The molecule has 11 heteroatoms. The number of amides is 3. The van der Waals surface area contributed by atoms with Crippen LogP contribution in [0.3, 0.4) is 0 Å². The molecular formula is C32H39Br2N5O4. The first-order valence-electron chi connectivity index (χ1n) is 14.3. The van der Waals surface area contributed by atoms with Crippen molar-refractivity contribution < 1.29 is 19.1 Å². The molecule has 1 fully saturated rings. The molecule has 0 aliphatic carbocycles. The topological polar surface area (TPSA) is 104 Å². The summed E-state index contributed by atoms with van der Waals surface area (Å²) < 4.78 is 7.47. The molecule has 0 spiro atoms. The molecule has 0 unspecified atom stereocenters. The first-order valence-corrected chi connectivity index (χ1v) is 15.9. The number of nitrogens with zero attached hydrogens (tertiary/aromatic N) is 4. The standard InChI is InChI=1S/C21H28BrN3O3.C11H11BrN2O/c1-20(2,3)28-19(27)24-11-10-14(12-24)13-25-17(23-21(4,5)18(25)26)15-6-8-16(22)9-7-15;1-11(2)10(15)13-9(14-11)7-3-5-8(12)6-4-7/h6-9,14H,10-13H2,1-5H3;3-6H,1-2H3,(H,13,14,15)/t14-;/m1./s1. The van der Waals surface area contributed by atoms with Crippen LogP contribution in [0, 0.1) is 5.92 Å². The zero-order chi connectivity index (χ0) is 31.7. The molecule has 3 heterocycles. The van der Waals surface area contributed by atoms with Crippen molar-refractivity contribution in [3.05, 3.63) is 68.6 Å². The van der Waals surface area contributed by atoms with E-state index in [2.05, 4.69) is 42.2 Å². The predicted octanol–water partition coefficient (Wildman–Crippen LogP) is 6.18. The molecule has 0 bridgehead atoms. The number of aliphatic imine (C=N–C) groups is 2.